The number of nitrogens with zero attached hydrogens (tertiary/aromatic N) is 1. The van der Waals surface area contributed by atoms with E-state index in [1.165, 1.54) is 6.07 Å². The Hall–Kier alpha value is -2.15. The number of aryl methyl sites for hydroxylation is 1. The monoisotopic (exact) mass is 323 g/mol. The number of carbonyl (C=O) groups is 1. The molecule has 0 radical (unpaired) electrons. The zero-order valence-corrected chi connectivity index (χ0v) is 14.3. The smallest absolute Gasteiger partial charge is 0.319 e. The van der Waals surface area contributed by atoms with Gasteiger partial charge < -0.3 is 15.7 Å². The molecular weight excluding hydrogens is 298 g/mol. The first kappa shape index (κ1) is 18.9. The molecule has 0 saturated carbocycles. The summed E-state index contributed by atoms with van der Waals surface area (Å²) in [5.41, 5.74) is 1.35. The molecule has 0 aliphatic carbocycles. The van der Waals surface area contributed by atoms with E-state index in [1.54, 1.807) is 26.8 Å². The minimum Gasteiger partial charge on any atom is -0.393 e. The van der Waals surface area contributed by atoms with E-state index in [4.69, 9.17) is 0 Å². The lowest BCUT2D eigenvalue weighted by Crippen LogP contribution is -2.38. The van der Waals surface area contributed by atoms with E-state index in [2.05, 4.69) is 10.6 Å². The van der Waals surface area contributed by atoms with Crippen molar-refractivity contribution >= 4 is 17.4 Å². The van der Waals surface area contributed by atoms with Crippen LogP contribution in [0.3, 0.4) is 0 Å². The van der Waals surface area contributed by atoms with Gasteiger partial charge in [-0.3, -0.25) is 10.1 Å². The first-order chi connectivity index (χ1) is 10.5. The van der Waals surface area contributed by atoms with Crippen LogP contribution < -0.4 is 10.6 Å². The summed E-state index contributed by atoms with van der Waals surface area (Å²) in [4.78, 5) is 22.6. The second-order valence-electron chi connectivity index (χ2n) is 6.68. The quantitative estimate of drug-likeness (QED) is 0.552. The molecule has 1 aromatic rings. The first-order valence-electron chi connectivity index (χ1n) is 7.51. The molecule has 2 amide bonds. The van der Waals surface area contributed by atoms with E-state index in [-0.39, 0.29) is 11.1 Å². The molecule has 1 rings (SSSR count). The van der Waals surface area contributed by atoms with Crippen molar-refractivity contribution in [3.63, 3.8) is 0 Å². The van der Waals surface area contributed by atoms with Gasteiger partial charge >= 0.3 is 6.03 Å². The normalized spacial score (nSPS) is 12.6. The van der Waals surface area contributed by atoms with Crippen LogP contribution in [-0.2, 0) is 0 Å². The van der Waals surface area contributed by atoms with Gasteiger partial charge in [0, 0.05) is 12.6 Å². The van der Waals surface area contributed by atoms with Gasteiger partial charge in [-0.25, -0.2) is 4.79 Å². The topological polar surface area (TPSA) is 105 Å². The maximum absolute atomic E-state index is 12.1. The Labute approximate surface area is 136 Å². The van der Waals surface area contributed by atoms with Crippen molar-refractivity contribution in [1.82, 2.24) is 5.32 Å². The van der Waals surface area contributed by atoms with Gasteiger partial charge in [0.2, 0.25) is 0 Å². The average Bonchev–Trinajstić information content (AvgIpc) is 2.39. The van der Waals surface area contributed by atoms with Crippen molar-refractivity contribution in [1.29, 1.82) is 0 Å². The molecule has 1 unspecified atom stereocenters. The molecule has 3 N–H and O–H groups in total. The van der Waals surface area contributed by atoms with Crippen LogP contribution in [0.4, 0.5) is 16.2 Å². The van der Waals surface area contributed by atoms with E-state index < -0.39 is 17.1 Å². The zero-order chi connectivity index (χ0) is 17.8. The zero-order valence-electron chi connectivity index (χ0n) is 14.3. The van der Waals surface area contributed by atoms with Crippen LogP contribution in [0.2, 0.25) is 0 Å². The highest BCUT2D eigenvalue weighted by Gasteiger charge is 2.22. The molecule has 0 heterocycles. The fourth-order valence-corrected chi connectivity index (χ4v) is 2.58. The molecule has 23 heavy (non-hydrogen) atoms. The molecule has 0 aromatic heterocycles. The molecule has 1 aromatic carbocycles. The highest BCUT2D eigenvalue weighted by molar-refractivity contribution is 5.91. The van der Waals surface area contributed by atoms with Crippen LogP contribution in [0.1, 0.15) is 38.3 Å². The summed E-state index contributed by atoms with van der Waals surface area (Å²) in [5.74, 6) is 0. The van der Waals surface area contributed by atoms with E-state index in [9.17, 15) is 20.0 Å². The third-order valence-electron chi connectivity index (χ3n) is 3.66. The molecule has 0 aliphatic rings. The number of nitro benzene ring substituents is 1. The highest BCUT2D eigenvalue weighted by Crippen LogP contribution is 2.28. The first-order valence-corrected chi connectivity index (χ1v) is 7.51. The van der Waals surface area contributed by atoms with Crippen LogP contribution in [-0.4, -0.2) is 28.7 Å². The van der Waals surface area contributed by atoms with E-state index in [0.29, 0.717) is 24.2 Å². The van der Waals surface area contributed by atoms with Crippen LogP contribution in [0, 0.1) is 29.4 Å². The van der Waals surface area contributed by atoms with Gasteiger partial charge in [-0.15, -0.1) is 0 Å². The van der Waals surface area contributed by atoms with Crippen LogP contribution in [0.15, 0.2) is 12.1 Å². The molecule has 0 fully saturated rings. The van der Waals surface area contributed by atoms with E-state index in [1.807, 2.05) is 13.8 Å². The van der Waals surface area contributed by atoms with Crippen LogP contribution >= 0.6 is 0 Å². The average molecular weight is 323 g/mol. The molecule has 0 spiro atoms. The third-order valence-corrected chi connectivity index (χ3v) is 3.66. The van der Waals surface area contributed by atoms with Gasteiger partial charge in [-0.05, 0) is 38.2 Å². The summed E-state index contributed by atoms with van der Waals surface area (Å²) >= 11 is 0. The summed E-state index contributed by atoms with van der Waals surface area (Å²) in [7, 11) is 0. The number of rotatable bonds is 6. The Morgan fingerprint density at radius 3 is 2.52 bits per heavy atom. The SMILES string of the molecule is Cc1ccc([N+](=O)[O-])c(C)c1NC(=O)NCC(C)(C)CC(C)O. The number of urea groups is 1. The summed E-state index contributed by atoms with van der Waals surface area (Å²) in [6.45, 7) is 9.38. The highest BCUT2D eigenvalue weighted by atomic mass is 16.6. The number of amides is 2. The Balaban J connectivity index is 2.79. The minimum absolute atomic E-state index is 0.0275. The van der Waals surface area contributed by atoms with Gasteiger partial charge in [0.1, 0.15) is 0 Å². The molecule has 0 saturated heterocycles. The van der Waals surface area contributed by atoms with Crippen molar-refractivity contribution in [2.75, 3.05) is 11.9 Å². The molecular formula is C16H25N3O4. The van der Waals surface area contributed by atoms with Crippen molar-refractivity contribution in [2.45, 2.75) is 47.1 Å². The van der Waals surface area contributed by atoms with Gasteiger partial charge in [0.15, 0.2) is 0 Å². The summed E-state index contributed by atoms with van der Waals surface area (Å²) in [5, 5.41) is 25.9. The largest absolute Gasteiger partial charge is 0.393 e. The molecule has 7 heteroatoms. The van der Waals surface area contributed by atoms with Gasteiger partial charge in [-0.1, -0.05) is 19.9 Å². The van der Waals surface area contributed by atoms with Gasteiger partial charge in [0.05, 0.1) is 22.3 Å². The van der Waals surface area contributed by atoms with Crippen molar-refractivity contribution in [3.8, 4) is 0 Å². The number of benzene rings is 1. The minimum atomic E-state index is -0.469. The second-order valence-corrected chi connectivity index (χ2v) is 6.68. The fourth-order valence-electron chi connectivity index (χ4n) is 2.58. The predicted octanol–water partition coefficient (Wildman–Crippen LogP) is 3.13. The predicted molar refractivity (Wildman–Crippen MR) is 89.7 cm³/mol. The number of carbonyl (C=O) groups excluding carboxylic acids is 1. The Morgan fingerprint density at radius 2 is 2.00 bits per heavy atom. The number of hydrogen-bond donors (Lipinski definition) is 3. The van der Waals surface area contributed by atoms with E-state index >= 15 is 0 Å². The molecule has 0 bridgehead atoms. The molecule has 1 atom stereocenters. The second kappa shape index (κ2) is 7.41. The summed E-state index contributed by atoms with van der Waals surface area (Å²) in [6.07, 6.45) is 0.110. The fraction of sp³-hybridized carbons (Fsp3) is 0.562. The number of aliphatic hydroxyl groups excluding tert-OH is 1. The third kappa shape index (κ3) is 5.52. The molecule has 0 aliphatic heterocycles. The number of aliphatic hydroxyl groups is 1. The Kier molecular flexibility index (Phi) is 6.09. The number of nitro groups is 1. The van der Waals surface area contributed by atoms with Crippen molar-refractivity contribution < 1.29 is 14.8 Å². The van der Waals surface area contributed by atoms with Gasteiger partial charge in [0.25, 0.3) is 5.69 Å². The van der Waals surface area contributed by atoms with E-state index in [0.717, 1.165) is 5.56 Å². The Morgan fingerprint density at radius 1 is 1.39 bits per heavy atom. The van der Waals surface area contributed by atoms with Crippen LogP contribution in [0.5, 0.6) is 0 Å². The number of anilines is 1. The Bertz CT molecular complexity index is 597. The number of hydrogen-bond acceptors (Lipinski definition) is 4. The number of nitrogens with one attached hydrogen (secondary N) is 2. The van der Waals surface area contributed by atoms with Crippen LogP contribution in [0.25, 0.3) is 0 Å². The lowest BCUT2D eigenvalue weighted by molar-refractivity contribution is -0.385. The van der Waals surface area contributed by atoms with Crippen molar-refractivity contribution in [2.24, 2.45) is 5.41 Å². The molecule has 128 valence electrons. The maximum Gasteiger partial charge on any atom is 0.319 e. The summed E-state index contributed by atoms with van der Waals surface area (Å²) < 4.78 is 0. The van der Waals surface area contributed by atoms with Crippen molar-refractivity contribution in [3.05, 3.63) is 33.4 Å². The maximum atomic E-state index is 12.1. The lowest BCUT2D eigenvalue weighted by atomic mass is 9.87. The summed E-state index contributed by atoms with van der Waals surface area (Å²) in [6, 6.07) is 2.62. The standard InChI is InChI=1S/C16H25N3O4/c1-10-6-7-13(19(22)23)12(3)14(10)18-15(21)17-9-16(4,5)8-11(2)20/h6-7,11,20H,8-9H2,1-5H3,(H2,17,18,21). The van der Waals surface area contributed by atoms with Gasteiger partial charge in [-0.2, -0.15) is 0 Å². The lowest BCUT2D eigenvalue weighted by Gasteiger charge is -2.26. The molecule has 7 nitrogen and oxygen atoms in total.